The van der Waals surface area contributed by atoms with E-state index in [-0.39, 0.29) is 0 Å². The number of nitrogens with one attached hydrogen (secondary N) is 1. The summed E-state index contributed by atoms with van der Waals surface area (Å²) in [5, 5.41) is 5.67. The van der Waals surface area contributed by atoms with Crippen LogP contribution in [-0.2, 0) is 6.54 Å². The van der Waals surface area contributed by atoms with E-state index >= 15 is 0 Å². The van der Waals surface area contributed by atoms with Crippen molar-refractivity contribution >= 4 is 17.2 Å². The fourth-order valence-corrected chi connectivity index (χ4v) is 3.37. The number of hydrogen-bond donors (Lipinski definition) is 1. The first kappa shape index (κ1) is 14.5. The lowest BCUT2D eigenvalue weighted by Gasteiger charge is -2.26. The third-order valence-corrected chi connectivity index (χ3v) is 5.19. The van der Waals surface area contributed by atoms with E-state index in [2.05, 4.69) is 54.7 Å². The first-order chi connectivity index (χ1) is 10.1. The van der Waals surface area contributed by atoms with Crippen molar-refractivity contribution in [2.24, 2.45) is 0 Å². The summed E-state index contributed by atoms with van der Waals surface area (Å²) in [6, 6.07) is 7.65. The zero-order valence-electron chi connectivity index (χ0n) is 13.0. The van der Waals surface area contributed by atoms with E-state index in [0.29, 0.717) is 6.04 Å². The summed E-state index contributed by atoms with van der Waals surface area (Å²) in [6.45, 7) is 5.32. The van der Waals surface area contributed by atoms with Crippen LogP contribution in [-0.4, -0.2) is 18.1 Å². The Kier molecular flexibility index (Phi) is 4.27. The maximum atomic E-state index is 4.70. The molecule has 3 rings (SSSR count). The van der Waals surface area contributed by atoms with Crippen LogP contribution in [0.25, 0.3) is 0 Å². The summed E-state index contributed by atoms with van der Waals surface area (Å²) in [6.07, 6.45) is 4.66. The van der Waals surface area contributed by atoms with Crippen molar-refractivity contribution in [1.29, 1.82) is 0 Å². The summed E-state index contributed by atoms with van der Waals surface area (Å²) in [5.41, 5.74) is 2.52. The van der Waals surface area contributed by atoms with Crippen molar-refractivity contribution in [3.8, 4) is 0 Å². The second-order valence-electron chi connectivity index (χ2n) is 5.94. The normalized spacial score (nSPS) is 16.0. The lowest BCUT2D eigenvalue weighted by atomic mass is 10.1. The first-order valence-electron chi connectivity index (χ1n) is 7.60. The molecule has 1 N–H and O–H groups in total. The fourth-order valence-electron chi connectivity index (χ4n) is 2.54. The summed E-state index contributed by atoms with van der Waals surface area (Å²) < 4.78 is 0. The quantitative estimate of drug-likeness (QED) is 0.877. The van der Waals surface area contributed by atoms with Gasteiger partial charge in [-0.2, -0.15) is 0 Å². The van der Waals surface area contributed by atoms with Gasteiger partial charge in [-0.15, -0.1) is 11.3 Å². The molecule has 0 saturated heterocycles. The van der Waals surface area contributed by atoms with Crippen molar-refractivity contribution in [2.45, 2.75) is 45.3 Å². The van der Waals surface area contributed by atoms with E-state index in [4.69, 9.17) is 4.98 Å². The maximum Gasteiger partial charge on any atom is 0.131 e. The van der Waals surface area contributed by atoms with Gasteiger partial charge in [-0.1, -0.05) is 6.07 Å². The number of nitrogens with zero attached hydrogens (tertiary/aromatic N) is 2. The predicted molar refractivity (Wildman–Crippen MR) is 90.0 cm³/mol. The number of aromatic nitrogens is 1. The molecule has 1 unspecified atom stereocenters. The average Bonchev–Trinajstić information content (AvgIpc) is 3.15. The summed E-state index contributed by atoms with van der Waals surface area (Å²) >= 11 is 1.80. The molecule has 112 valence electrons. The van der Waals surface area contributed by atoms with Crippen LogP contribution in [0.15, 0.2) is 29.8 Å². The van der Waals surface area contributed by atoms with Gasteiger partial charge in [0, 0.05) is 30.7 Å². The summed E-state index contributed by atoms with van der Waals surface area (Å²) in [7, 11) is 2.13. The number of anilines is 1. The van der Waals surface area contributed by atoms with E-state index in [9.17, 15) is 0 Å². The highest BCUT2D eigenvalue weighted by Gasteiger charge is 2.20. The molecule has 0 spiro atoms. The van der Waals surface area contributed by atoms with E-state index in [1.807, 2.05) is 6.20 Å². The van der Waals surface area contributed by atoms with Crippen molar-refractivity contribution in [1.82, 2.24) is 10.3 Å². The summed E-state index contributed by atoms with van der Waals surface area (Å²) in [5.74, 6) is 1.08. The van der Waals surface area contributed by atoms with Crippen LogP contribution in [0.3, 0.4) is 0 Å². The lowest BCUT2D eigenvalue weighted by molar-refractivity contribution is 0.683. The Morgan fingerprint density at radius 2 is 2.29 bits per heavy atom. The Morgan fingerprint density at radius 3 is 2.90 bits per heavy atom. The van der Waals surface area contributed by atoms with Crippen LogP contribution in [0.2, 0.25) is 0 Å². The molecule has 3 nitrogen and oxygen atoms in total. The largest absolute Gasteiger partial charge is 0.352 e. The Labute approximate surface area is 131 Å². The maximum absolute atomic E-state index is 4.70. The molecular weight excluding hydrogens is 278 g/mol. The Hall–Kier alpha value is -1.39. The molecular formula is C17H23N3S. The number of thiophene rings is 1. The average molecular weight is 301 g/mol. The first-order valence-corrected chi connectivity index (χ1v) is 8.48. The molecule has 2 heterocycles. The second kappa shape index (κ2) is 6.16. The van der Waals surface area contributed by atoms with Gasteiger partial charge in [0.25, 0.3) is 0 Å². The lowest BCUT2D eigenvalue weighted by Crippen LogP contribution is -2.23. The molecule has 1 atom stereocenters. The molecule has 1 saturated carbocycles. The van der Waals surface area contributed by atoms with Gasteiger partial charge in [-0.3, -0.25) is 0 Å². The second-order valence-corrected chi connectivity index (χ2v) is 6.92. The van der Waals surface area contributed by atoms with E-state index in [0.717, 1.165) is 18.4 Å². The third-order valence-electron chi connectivity index (χ3n) is 4.15. The highest BCUT2D eigenvalue weighted by Crippen LogP contribution is 2.29. The van der Waals surface area contributed by atoms with Crippen molar-refractivity contribution < 1.29 is 0 Å². The van der Waals surface area contributed by atoms with Gasteiger partial charge in [0.05, 0.1) is 6.04 Å². The van der Waals surface area contributed by atoms with E-state index in [1.165, 1.54) is 28.8 Å². The van der Waals surface area contributed by atoms with Gasteiger partial charge in [-0.05, 0) is 55.3 Å². The highest BCUT2D eigenvalue weighted by atomic mass is 32.1. The standard InChI is InChI=1S/C17H23N3S/c1-12-9-14(10-18-15-6-7-15)11-19-17(12)20(3)13(2)16-5-4-8-21-16/h4-5,8-9,11,13,15,18H,6-7,10H2,1-3H3. The molecule has 1 aliphatic carbocycles. The SMILES string of the molecule is Cc1cc(CNC2CC2)cnc1N(C)C(C)c1cccs1. The number of aryl methyl sites for hydroxylation is 1. The molecule has 2 aromatic heterocycles. The third kappa shape index (κ3) is 3.44. The van der Waals surface area contributed by atoms with Gasteiger partial charge < -0.3 is 10.2 Å². The molecule has 0 amide bonds. The van der Waals surface area contributed by atoms with Gasteiger partial charge >= 0.3 is 0 Å². The van der Waals surface area contributed by atoms with Gasteiger partial charge in [0.1, 0.15) is 5.82 Å². The fraction of sp³-hybridized carbons (Fsp3) is 0.471. The van der Waals surface area contributed by atoms with Crippen LogP contribution < -0.4 is 10.2 Å². The zero-order valence-corrected chi connectivity index (χ0v) is 13.8. The molecule has 1 aliphatic rings. The monoisotopic (exact) mass is 301 g/mol. The highest BCUT2D eigenvalue weighted by molar-refractivity contribution is 7.10. The minimum Gasteiger partial charge on any atom is -0.352 e. The van der Waals surface area contributed by atoms with Crippen molar-refractivity contribution in [2.75, 3.05) is 11.9 Å². The van der Waals surface area contributed by atoms with E-state index in [1.54, 1.807) is 11.3 Å². The minimum absolute atomic E-state index is 0.353. The smallest absolute Gasteiger partial charge is 0.131 e. The van der Waals surface area contributed by atoms with Gasteiger partial charge in [0.15, 0.2) is 0 Å². The van der Waals surface area contributed by atoms with Gasteiger partial charge in [0.2, 0.25) is 0 Å². The zero-order chi connectivity index (χ0) is 14.8. The molecule has 21 heavy (non-hydrogen) atoms. The Bertz CT molecular complexity index is 590. The van der Waals surface area contributed by atoms with Crippen molar-refractivity contribution in [3.63, 3.8) is 0 Å². The number of rotatable bonds is 6. The van der Waals surface area contributed by atoms with Crippen LogP contribution in [0.1, 0.15) is 41.8 Å². The predicted octanol–water partition coefficient (Wildman–Crippen LogP) is 3.90. The van der Waals surface area contributed by atoms with Crippen LogP contribution in [0, 0.1) is 6.92 Å². The number of hydrogen-bond acceptors (Lipinski definition) is 4. The molecule has 4 heteroatoms. The van der Waals surface area contributed by atoms with Crippen LogP contribution in [0.5, 0.6) is 0 Å². The molecule has 1 fully saturated rings. The van der Waals surface area contributed by atoms with E-state index < -0.39 is 0 Å². The van der Waals surface area contributed by atoms with Crippen molar-refractivity contribution in [3.05, 3.63) is 45.8 Å². The molecule has 0 aromatic carbocycles. The van der Waals surface area contributed by atoms with Crippen LogP contribution in [0.4, 0.5) is 5.82 Å². The summed E-state index contributed by atoms with van der Waals surface area (Å²) in [4.78, 5) is 8.33. The molecule has 0 aliphatic heterocycles. The Morgan fingerprint density at radius 1 is 1.48 bits per heavy atom. The van der Waals surface area contributed by atoms with Gasteiger partial charge in [-0.25, -0.2) is 4.98 Å². The van der Waals surface area contributed by atoms with Crippen LogP contribution >= 0.6 is 11.3 Å². The molecule has 0 radical (unpaired) electrons. The minimum atomic E-state index is 0.353. The molecule has 2 aromatic rings. The topological polar surface area (TPSA) is 28.2 Å². The number of pyridine rings is 1. The Balaban J connectivity index is 1.71. The molecule has 0 bridgehead atoms.